The number of aromatic nitrogens is 2. The lowest BCUT2D eigenvalue weighted by atomic mass is 10.2. The van der Waals surface area contributed by atoms with Crippen molar-refractivity contribution in [2.24, 2.45) is 5.92 Å². The van der Waals surface area contributed by atoms with E-state index in [0.29, 0.717) is 17.9 Å². The van der Waals surface area contributed by atoms with Gasteiger partial charge in [0.2, 0.25) is 0 Å². The van der Waals surface area contributed by atoms with E-state index in [0.717, 1.165) is 5.56 Å². The van der Waals surface area contributed by atoms with E-state index in [1.54, 1.807) is 15.5 Å². The van der Waals surface area contributed by atoms with Gasteiger partial charge in [-0.2, -0.15) is 0 Å². The molecule has 1 amide bonds. The van der Waals surface area contributed by atoms with Crippen molar-refractivity contribution >= 4 is 17.5 Å². The van der Waals surface area contributed by atoms with E-state index in [1.165, 1.54) is 0 Å². The van der Waals surface area contributed by atoms with Gasteiger partial charge in [-0.05, 0) is 30.5 Å². The molecule has 2 rings (SSSR count). The number of rotatable bonds is 6. The van der Waals surface area contributed by atoms with E-state index in [4.69, 9.17) is 5.11 Å². The van der Waals surface area contributed by atoms with Crippen LogP contribution in [0.25, 0.3) is 5.65 Å². The van der Waals surface area contributed by atoms with Crippen LogP contribution in [-0.2, 0) is 4.79 Å². The summed E-state index contributed by atoms with van der Waals surface area (Å²) in [6.07, 6.45) is 3.48. The summed E-state index contributed by atoms with van der Waals surface area (Å²) in [5, 5.41) is 8.84. The maximum atomic E-state index is 12.6. The Hall–Kier alpha value is -2.37. The van der Waals surface area contributed by atoms with Gasteiger partial charge in [-0.25, -0.2) is 4.98 Å². The minimum atomic E-state index is -0.910. The molecule has 0 atom stereocenters. The molecule has 6 heteroatoms. The lowest BCUT2D eigenvalue weighted by Crippen LogP contribution is -2.36. The van der Waals surface area contributed by atoms with Crippen LogP contribution < -0.4 is 0 Å². The van der Waals surface area contributed by atoms with Crippen LogP contribution in [0.5, 0.6) is 0 Å². The van der Waals surface area contributed by atoms with E-state index < -0.39 is 5.97 Å². The minimum absolute atomic E-state index is 0.0645. The Labute approximate surface area is 129 Å². The molecule has 22 heavy (non-hydrogen) atoms. The van der Waals surface area contributed by atoms with E-state index in [1.807, 2.05) is 39.1 Å². The number of carboxylic acid groups (broad SMARTS) is 1. The van der Waals surface area contributed by atoms with Crippen LogP contribution in [0.15, 0.2) is 24.5 Å². The van der Waals surface area contributed by atoms with E-state index in [9.17, 15) is 9.59 Å². The van der Waals surface area contributed by atoms with Crippen molar-refractivity contribution in [1.29, 1.82) is 0 Å². The third-order valence-electron chi connectivity index (χ3n) is 3.30. The number of hydrogen-bond donors (Lipinski definition) is 1. The second-order valence-electron chi connectivity index (χ2n) is 5.88. The summed E-state index contributed by atoms with van der Waals surface area (Å²) in [7, 11) is 0. The summed E-state index contributed by atoms with van der Waals surface area (Å²) in [5.41, 5.74) is 2.13. The fraction of sp³-hybridized carbons (Fsp3) is 0.438. The van der Waals surface area contributed by atoms with Crippen LogP contribution in [0.2, 0.25) is 0 Å². The van der Waals surface area contributed by atoms with Crippen LogP contribution in [0.3, 0.4) is 0 Å². The number of fused-ring (bicyclic) bond motifs is 1. The van der Waals surface area contributed by atoms with Crippen molar-refractivity contribution in [1.82, 2.24) is 14.3 Å². The van der Waals surface area contributed by atoms with Gasteiger partial charge in [0, 0.05) is 25.5 Å². The quantitative estimate of drug-likeness (QED) is 0.888. The molecule has 0 aliphatic heterocycles. The number of nitrogens with zero attached hydrogens (tertiary/aromatic N) is 3. The van der Waals surface area contributed by atoms with Crippen molar-refractivity contribution in [2.75, 3.05) is 13.1 Å². The number of carboxylic acids is 1. The first kappa shape index (κ1) is 16.0. The topological polar surface area (TPSA) is 74.9 Å². The molecule has 0 unspecified atom stereocenters. The summed E-state index contributed by atoms with van der Waals surface area (Å²) in [6, 6.07) is 3.85. The molecule has 2 heterocycles. The van der Waals surface area contributed by atoms with E-state index in [2.05, 4.69) is 4.98 Å². The van der Waals surface area contributed by atoms with Crippen molar-refractivity contribution in [3.05, 3.63) is 35.8 Å². The molecule has 2 aromatic rings. The predicted molar refractivity (Wildman–Crippen MR) is 82.9 cm³/mol. The number of carbonyl (C=O) groups excluding carboxylic acids is 1. The molecule has 0 radical (unpaired) electrons. The fourth-order valence-corrected chi connectivity index (χ4v) is 2.30. The molecule has 0 fully saturated rings. The van der Waals surface area contributed by atoms with Gasteiger partial charge in [0.25, 0.3) is 5.91 Å². The highest BCUT2D eigenvalue weighted by molar-refractivity contribution is 5.93. The largest absolute Gasteiger partial charge is 0.481 e. The van der Waals surface area contributed by atoms with Crippen LogP contribution in [0.4, 0.5) is 0 Å². The standard InChI is InChI=1S/C16H21N3O3/c1-11(2)9-19(7-5-15(20)21)16(22)13-10-18-6-4-12(3)8-14(18)17-13/h4,6,8,10-11H,5,7,9H2,1-3H3,(H,20,21). The van der Waals surface area contributed by atoms with Gasteiger partial charge in [0.05, 0.1) is 6.42 Å². The Kier molecular flexibility index (Phi) is 4.80. The number of amides is 1. The smallest absolute Gasteiger partial charge is 0.305 e. The van der Waals surface area contributed by atoms with Gasteiger partial charge in [-0.15, -0.1) is 0 Å². The number of aliphatic carboxylic acids is 1. The molecule has 0 saturated heterocycles. The number of pyridine rings is 1. The normalized spacial score (nSPS) is 11.1. The van der Waals surface area contributed by atoms with Gasteiger partial charge in [0.1, 0.15) is 11.3 Å². The lowest BCUT2D eigenvalue weighted by molar-refractivity contribution is -0.137. The van der Waals surface area contributed by atoms with Gasteiger partial charge in [-0.3, -0.25) is 9.59 Å². The first-order valence-corrected chi connectivity index (χ1v) is 7.33. The zero-order valence-corrected chi connectivity index (χ0v) is 13.1. The van der Waals surface area contributed by atoms with Crippen LogP contribution >= 0.6 is 0 Å². The maximum Gasteiger partial charge on any atom is 0.305 e. The van der Waals surface area contributed by atoms with Gasteiger partial charge >= 0.3 is 5.97 Å². The number of imidazole rings is 1. The molecule has 1 N–H and O–H groups in total. The third kappa shape index (κ3) is 3.84. The first-order chi connectivity index (χ1) is 10.4. The van der Waals surface area contributed by atoms with Gasteiger partial charge < -0.3 is 14.4 Å². The highest BCUT2D eigenvalue weighted by Gasteiger charge is 2.20. The van der Waals surface area contributed by atoms with Crippen molar-refractivity contribution in [3.8, 4) is 0 Å². The van der Waals surface area contributed by atoms with Crippen molar-refractivity contribution in [2.45, 2.75) is 27.2 Å². The molecule has 0 bridgehead atoms. The second kappa shape index (κ2) is 6.60. The van der Waals surface area contributed by atoms with Crippen LogP contribution in [-0.4, -0.2) is 44.4 Å². The van der Waals surface area contributed by atoms with Gasteiger partial charge in [0.15, 0.2) is 0 Å². The fourth-order valence-electron chi connectivity index (χ4n) is 2.30. The Balaban J connectivity index is 2.24. The molecule has 2 aromatic heterocycles. The molecule has 0 aromatic carbocycles. The molecule has 0 saturated carbocycles. The Morgan fingerprint density at radius 1 is 1.41 bits per heavy atom. The number of carbonyl (C=O) groups is 2. The zero-order chi connectivity index (χ0) is 16.3. The van der Waals surface area contributed by atoms with Gasteiger partial charge in [-0.1, -0.05) is 13.8 Å². The maximum absolute atomic E-state index is 12.6. The lowest BCUT2D eigenvalue weighted by Gasteiger charge is -2.23. The van der Waals surface area contributed by atoms with E-state index in [-0.39, 0.29) is 24.8 Å². The van der Waals surface area contributed by atoms with Crippen LogP contribution in [0.1, 0.15) is 36.3 Å². The SMILES string of the molecule is Cc1ccn2cc(C(=O)N(CCC(=O)O)CC(C)C)nc2c1. The highest BCUT2D eigenvalue weighted by Crippen LogP contribution is 2.11. The Morgan fingerprint density at radius 3 is 2.77 bits per heavy atom. The predicted octanol–water partition coefficient (Wildman–Crippen LogP) is 2.22. The zero-order valence-electron chi connectivity index (χ0n) is 13.1. The summed E-state index contributed by atoms with van der Waals surface area (Å²) in [6.45, 7) is 6.66. The molecule has 6 nitrogen and oxygen atoms in total. The monoisotopic (exact) mass is 303 g/mol. The molecular weight excluding hydrogens is 282 g/mol. The third-order valence-corrected chi connectivity index (χ3v) is 3.30. The van der Waals surface area contributed by atoms with E-state index >= 15 is 0 Å². The first-order valence-electron chi connectivity index (χ1n) is 7.33. The van der Waals surface area contributed by atoms with Crippen molar-refractivity contribution in [3.63, 3.8) is 0 Å². The van der Waals surface area contributed by atoms with Crippen molar-refractivity contribution < 1.29 is 14.7 Å². The average molecular weight is 303 g/mol. The Morgan fingerprint density at radius 2 is 2.14 bits per heavy atom. The number of aryl methyl sites for hydroxylation is 1. The highest BCUT2D eigenvalue weighted by atomic mass is 16.4. The summed E-state index contributed by atoms with van der Waals surface area (Å²) >= 11 is 0. The summed E-state index contributed by atoms with van der Waals surface area (Å²) in [5.74, 6) is -0.875. The molecule has 118 valence electrons. The van der Waals surface area contributed by atoms with Crippen LogP contribution in [0, 0.1) is 12.8 Å². The Bertz CT molecular complexity index is 691. The summed E-state index contributed by atoms with van der Waals surface area (Å²) in [4.78, 5) is 29.3. The molecular formula is C16H21N3O3. The molecule has 0 aliphatic rings. The molecule has 0 aliphatic carbocycles. The minimum Gasteiger partial charge on any atom is -0.481 e. The second-order valence-corrected chi connectivity index (χ2v) is 5.88. The molecule has 0 spiro atoms. The average Bonchev–Trinajstić information content (AvgIpc) is 2.85. The summed E-state index contributed by atoms with van der Waals surface area (Å²) < 4.78 is 1.80. The number of hydrogen-bond acceptors (Lipinski definition) is 3.